The van der Waals surface area contributed by atoms with Crippen LogP contribution in [0.2, 0.25) is 0 Å². The van der Waals surface area contributed by atoms with Crippen LogP contribution in [0.5, 0.6) is 11.5 Å². The molecule has 0 heterocycles. The molecule has 24 heavy (non-hydrogen) atoms. The van der Waals surface area contributed by atoms with Gasteiger partial charge >= 0.3 is 11.4 Å². The topological polar surface area (TPSA) is 154 Å². The minimum Gasteiger partial charge on any atom is -0.504 e. The monoisotopic (exact) mass is 332 g/mol. The van der Waals surface area contributed by atoms with Gasteiger partial charge in [-0.3, -0.25) is 25.2 Å². The fraction of sp³-hybridized carbons (Fsp3) is 0.0714. The van der Waals surface area contributed by atoms with Crippen molar-refractivity contribution in [1.82, 2.24) is 0 Å². The molecule has 0 saturated heterocycles. The summed E-state index contributed by atoms with van der Waals surface area (Å²) >= 11 is 0. The average molecular weight is 332 g/mol. The highest BCUT2D eigenvalue weighted by atomic mass is 16.6. The summed E-state index contributed by atoms with van der Waals surface area (Å²) in [5, 5.41) is 31.7. The molecule has 2 aromatic carbocycles. The Morgan fingerprint density at radius 2 is 1.83 bits per heavy atom. The van der Waals surface area contributed by atoms with Gasteiger partial charge in [-0.25, -0.2) is 0 Å². The molecule has 10 heteroatoms. The predicted molar refractivity (Wildman–Crippen MR) is 86.1 cm³/mol. The van der Waals surface area contributed by atoms with Crippen molar-refractivity contribution in [2.75, 3.05) is 12.8 Å². The largest absolute Gasteiger partial charge is 0.504 e. The van der Waals surface area contributed by atoms with Crippen LogP contribution in [0.3, 0.4) is 0 Å². The number of phenolic OH excluding ortho intramolecular Hbond substituents is 1. The number of nitrogens with zero attached hydrogens (tertiary/aromatic N) is 3. The number of rotatable bonds is 5. The Kier molecular flexibility index (Phi) is 4.59. The van der Waals surface area contributed by atoms with Crippen molar-refractivity contribution < 1.29 is 19.7 Å². The minimum absolute atomic E-state index is 0.0329. The van der Waals surface area contributed by atoms with E-state index in [1.54, 1.807) is 6.07 Å². The standard InChI is InChI=1S/C14H12N4O6/c1-24-13-4-2-3-8(14(13)19)7-16-10-6-12(18(22)23)11(17(20)21)5-9(10)15/h2-7,19H,15H2,1H3. The number of ether oxygens (including phenoxy) is 1. The van der Waals surface area contributed by atoms with E-state index in [4.69, 9.17) is 10.5 Å². The molecule has 0 fully saturated rings. The van der Waals surface area contributed by atoms with Gasteiger partial charge in [-0.05, 0) is 12.1 Å². The van der Waals surface area contributed by atoms with E-state index in [0.717, 1.165) is 12.1 Å². The van der Waals surface area contributed by atoms with E-state index in [0.29, 0.717) is 0 Å². The van der Waals surface area contributed by atoms with E-state index >= 15 is 0 Å². The number of hydrogen-bond acceptors (Lipinski definition) is 8. The molecule has 0 spiro atoms. The Balaban J connectivity index is 2.49. The van der Waals surface area contributed by atoms with Crippen molar-refractivity contribution in [3.05, 3.63) is 56.1 Å². The van der Waals surface area contributed by atoms with Gasteiger partial charge in [0.15, 0.2) is 11.5 Å². The molecule has 0 radical (unpaired) electrons. The predicted octanol–water partition coefficient (Wildman–Crippen LogP) is 2.55. The van der Waals surface area contributed by atoms with E-state index in [-0.39, 0.29) is 28.4 Å². The second-order valence-electron chi connectivity index (χ2n) is 4.57. The molecule has 0 saturated carbocycles. The van der Waals surface area contributed by atoms with Crippen molar-refractivity contribution in [2.45, 2.75) is 0 Å². The molecule has 0 amide bonds. The van der Waals surface area contributed by atoms with Crippen LogP contribution >= 0.6 is 0 Å². The first-order chi connectivity index (χ1) is 11.3. The number of anilines is 1. The molecule has 0 aromatic heterocycles. The van der Waals surface area contributed by atoms with Gasteiger partial charge < -0.3 is 15.6 Å². The fourth-order valence-electron chi connectivity index (χ4n) is 1.93. The number of hydrogen-bond donors (Lipinski definition) is 2. The number of nitro groups is 2. The van der Waals surface area contributed by atoms with Gasteiger partial charge in [0.2, 0.25) is 0 Å². The normalized spacial score (nSPS) is 10.7. The highest BCUT2D eigenvalue weighted by Crippen LogP contribution is 2.36. The van der Waals surface area contributed by atoms with Crippen LogP contribution in [0.25, 0.3) is 0 Å². The van der Waals surface area contributed by atoms with Crippen molar-refractivity contribution in [3.63, 3.8) is 0 Å². The van der Waals surface area contributed by atoms with E-state index in [1.165, 1.54) is 25.5 Å². The summed E-state index contributed by atoms with van der Waals surface area (Å²) in [6, 6.07) is 6.47. The van der Waals surface area contributed by atoms with Crippen LogP contribution in [0.4, 0.5) is 22.7 Å². The average Bonchev–Trinajstić information content (AvgIpc) is 2.54. The maximum absolute atomic E-state index is 11.0. The van der Waals surface area contributed by atoms with Crippen molar-refractivity contribution >= 4 is 29.0 Å². The summed E-state index contributed by atoms with van der Waals surface area (Å²) in [5.41, 5.74) is 4.36. The Labute approximate surface area is 135 Å². The van der Waals surface area contributed by atoms with Gasteiger partial charge in [-0.15, -0.1) is 0 Å². The zero-order valence-corrected chi connectivity index (χ0v) is 12.4. The number of benzene rings is 2. The van der Waals surface area contributed by atoms with Gasteiger partial charge in [0.05, 0.1) is 34.4 Å². The number of phenols is 1. The third kappa shape index (κ3) is 3.21. The third-order valence-corrected chi connectivity index (χ3v) is 3.11. The van der Waals surface area contributed by atoms with Crippen LogP contribution in [0.15, 0.2) is 35.3 Å². The second kappa shape index (κ2) is 6.60. The van der Waals surface area contributed by atoms with E-state index in [2.05, 4.69) is 4.99 Å². The molecule has 0 aliphatic heterocycles. The molecule has 124 valence electrons. The molecule has 0 atom stereocenters. The number of para-hydroxylation sites is 1. The van der Waals surface area contributed by atoms with Gasteiger partial charge in [0.1, 0.15) is 0 Å². The van der Waals surface area contributed by atoms with Gasteiger partial charge in [0, 0.05) is 17.8 Å². The summed E-state index contributed by atoms with van der Waals surface area (Å²) in [6.07, 6.45) is 1.22. The summed E-state index contributed by atoms with van der Waals surface area (Å²) in [5.74, 6) is 0.0559. The van der Waals surface area contributed by atoms with Crippen molar-refractivity contribution in [2.24, 2.45) is 4.99 Å². The lowest BCUT2D eigenvalue weighted by Crippen LogP contribution is -1.98. The van der Waals surface area contributed by atoms with Gasteiger partial charge in [-0.2, -0.15) is 0 Å². The highest BCUT2D eigenvalue weighted by molar-refractivity contribution is 5.88. The number of methoxy groups -OCH3 is 1. The maximum atomic E-state index is 11.0. The second-order valence-corrected chi connectivity index (χ2v) is 4.57. The highest BCUT2D eigenvalue weighted by Gasteiger charge is 2.26. The smallest absolute Gasteiger partial charge is 0.348 e. The first kappa shape index (κ1) is 16.7. The molecule has 10 nitrogen and oxygen atoms in total. The zero-order chi connectivity index (χ0) is 17.9. The van der Waals surface area contributed by atoms with Crippen LogP contribution in [0.1, 0.15) is 5.56 Å². The number of nitrogen functional groups attached to an aromatic ring is 1. The third-order valence-electron chi connectivity index (χ3n) is 3.11. The number of aromatic hydroxyl groups is 1. The number of nitrogens with two attached hydrogens (primary N) is 1. The van der Waals surface area contributed by atoms with E-state index < -0.39 is 21.2 Å². The van der Waals surface area contributed by atoms with Gasteiger partial charge in [-0.1, -0.05) is 6.07 Å². The molecule has 2 aromatic rings. The molecule has 3 N–H and O–H groups in total. The van der Waals surface area contributed by atoms with Crippen molar-refractivity contribution in [3.8, 4) is 11.5 Å². The summed E-state index contributed by atoms with van der Waals surface area (Å²) in [6.45, 7) is 0. The minimum atomic E-state index is -0.893. The van der Waals surface area contributed by atoms with Gasteiger partial charge in [0.25, 0.3) is 0 Å². The van der Waals surface area contributed by atoms with Crippen LogP contribution < -0.4 is 10.5 Å². The first-order valence-electron chi connectivity index (χ1n) is 6.47. The SMILES string of the molecule is COc1cccc(C=Nc2cc([N+](=O)[O-])c([N+](=O)[O-])cc2N)c1O. The summed E-state index contributed by atoms with van der Waals surface area (Å²) < 4.78 is 4.95. The lowest BCUT2D eigenvalue weighted by atomic mass is 10.2. The number of aliphatic imine (C=N–C) groups is 1. The van der Waals surface area contributed by atoms with Crippen LogP contribution in [-0.4, -0.2) is 28.3 Å². The fourth-order valence-corrected chi connectivity index (χ4v) is 1.93. The lowest BCUT2D eigenvalue weighted by Gasteiger charge is -2.05. The number of nitro benzene ring substituents is 2. The summed E-state index contributed by atoms with van der Waals surface area (Å²) in [4.78, 5) is 24.0. The Morgan fingerprint density at radius 3 is 2.42 bits per heavy atom. The quantitative estimate of drug-likeness (QED) is 0.369. The molecular weight excluding hydrogens is 320 g/mol. The molecule has 0 bridgehead atoms. The molecule has 0 aliphatic carbocycles. The van der Waals surface area contributed by atoms with E-state index in [1.807, 2.05) is 0 Å². The Hall–Kier alpha value is -3.69. The molecular formula is C14H12N4O6. The van der Waals surface area contributed by atoms with E-state index in [9.17, 15) is 25.3 Å². The molecule has 0 aliphatic rings. The zero-order valence-electron chi connectivity index (χ0n) is 12.4. The Morgan fingerprint density at radius 1 is 1.21 bits per heavy atom. The maximum Gasteiger partial charge on any atom is 0.348 e. The first-order valence-corrected chi connectivity index (χ1v) is 6.47. The summed E-state index contributed by atoms with van der Waals surface area (Å²) in [7, 11) is 1.38. The lowest BCUT2D eigenvalue weighted by molar-refractivity contribution is -0.422. The van der Waals surface area contributed by atoms with Crippen molar-refractivity contribution in [1.29, 1.82) is 0 Å². The Bertz CT molecular complexity index is 849. The molecule has 0 unspecified atom stereocenters. The van der Waals surface area contributed by atoms with Crippen LogP contribution in [-0.2, 0) is 0 Å². The molecule has 2 rings (SSSR count). The van der Waals surface area contributed by atoms with Crippen LogP contribution in [0, 0.1) is 20.2 Å².